The van der Waals surface area contributed by atoms with Crippen molar-refractivity contribution in [1.29, 1.82) is 0 Å². The summed E-state index contributed by atoms with van der Waals surface area (Å²) in [4.78, 5) is 17.1. The highest BCUT2D eigenvalue weighted by Gasteiger charge is 2.17. The van der Waals surface area contributed by atoms with Crippen LogP contribution in [0.2, 0.25) is 5.02 Å². The van der Waals surface area contributed by atoms with Gasteiger partial charge in [0.05, 0.1) is 32.3 Å². The predicted molar refractivity (Wildman–Crippen MR) is 106 cm³/mol. The van der Waals surface area contributed by atoms with Crippen molar-refractivity contribution in [3.8, 4) is 0 Å². The predicted octanol–water partition coefficient (Wildman–Crippen LogP) is 3.22. The third-order valence-corrected chi connectivity index (χ3v) is 6.45. The van der Waals surface area contributed by atoms with Crippen LogP contribution < -0.4 is 5.32 Å². The number of imidazole rings is 1. The highest BCUT2D eigenvalue weighted by molar-refractivity contribution is 7.91. The maximum Gasteiger partial charge on any atom is 0.252 e. The van der Waals surface area contributed by atoms with Crippen LogP contribution in [0.5, 0.6) is 0 Å². The van der Waals surface area contributed by atoms with Gasteiger partial charge in [-0.05, 0) is 37.3 Å². The number of benzene rings is 2. The van der Waals surface area contributed by atoms with Crippen LogP contribution in [-0.2, 0) is 16.4 Å². The number of rotatable bonds is 6. The van der Waals surface area contributed by atoms with Crippen LogP contribution in [0.1, 0.15) is 23.1 Å². The molecule has 27 heavy (non-hydrogen) atoms. The maximum atomic E-state index is 12.5. The monoisotopic (exact) mass is 405 g/mol. The first-order chi connectivity index (χ1) is 12.8. The lowest BCUT2D eigenvalue weighted by Crippen LogP contribution is -2.28. The number of nitrogens with one attached hydrogen (secondary N) is 1. The summed E-state index contributed by atoms with van der Waals surface area (Å²) >= 11 is 6.10. The number of halogens is 1. The molecule has 0 radical (unpaired) electrons. The van der Waals surface area contributed by atoms with E-state index < -0.39 is 15.7 Å². The Balaban J connectivity index is 1.74. The molecule has 0 unspecified atom stereocenters. The van der Waals surface area contributed by atoms with Gasteiger partial charge in [0, 0.05) is 13.1 Å². The standard InChI is InChI=1S/C19H20ClN3O3S/c1-3-27(25,26)14-8-9-16(20)15(12-14)19(24)21-10-11-23-13(2)22-17-6-4-5-7-18(17)23/h4-9,12H,3,10-11H2,1-2H3,(H,21,24). The molecule has 1 amide bonds. The molecule has 0 saturated heterocycles. The summed E-state index contributed by atoms with van der Waals surface area (Å²) in [5.74, 6) is 0.414. The van der Waals surface area contributed by atoms with E-state index in [4.69, 9.17) is 11.6 Å². The van der Waals surface area contributed by atoms with Crippen LogP contribution in [-0.4, -0.2) is 36.2 Å². The van der Waals surface area contributed by atoms with Crippen LogP contribution in [0, 0.1) is 6.92 Å². The van der Waals surface area contributed by atoms with Crippen LogP contribution in [0.25, 0.3) is 11.0 Å². The summed E-state index contributed by atoms with van der Waals surface area (Å²) in [5, 5.41) is 3.01. The first-order valence-electron chi connectivity index (χ1n) is 8.56. The van der Waals surface area contributed by atoms with E-state index in [2.05, 4.69) is 10.3 Å². The van der Waals surface area contributed by atoms with Crippen molar-refractivity contribution in [3.63, 3.8) is 0 Å². The van der Waals surface area contributed by atoms with Gasteiger partial charge in [-0.15, -0.1) is 0 Å². The van der Waals surface area contributed by atoms with E-state index in [0.717, 1.165) is 16.9 Å². The van der Waals surface area contributed by atoms with E-state index in [1.54, 1.807) is 6.92 Å². The molecule has 0 aliphatic carbocycles. The topological polar surface area (TPSA) is 81.1 Å². The fourth-order valence-corrected chi connectivity index (χ4v) is 4.00. The minimum absolute atomic E-state index is 0.0390. The van der Waals surface area contributed by atoms with E-state index >= 15 is 0 Å². The van der Waals surface area contributed by atoms with Crippen LogP contribution in [0.3, 0.4) is 0 Å². The minimum atomic E-state index is -3.41. The lowest BCUT2D eigenvalue weighted by Gasteiger charge is -2.11. The number of hydrogen-bond acceptors (Lipinski definition) is 4. The molecular weight excluding hydrogens is 386 g/mol. The highest BCUT2D eigenvalue weighted by atomic mass is 35.5. The SMILES string of the molecule is CCS(=O)(=O)c1ccc(Cl)c(C(=O)NCCn2c(C)nc3ccccc32)c1. The van der Waals surface area contributed by atoms with Gasteiger partial charge in [0.1, 0.15) is 5.82 Å². The van der Waals surface area contributed by atoms with Crippen LogP contribution >= 0.6 is 11.6 Å². The second kappa shape index (κ2) is 7.70. The van der Waals surface area contributed by atoms with E-state index in [9.17, 15) is 13.2 Å². The van der Waals surface area contributed by atoms with Crippen LogP contribution in [0.15, 0.2) is 47.4 Å². The van der Waals surface area contributed by atoms with Gasteiger partial charge in [-0.3, -0.25) is 4.79 Å². The minimum Gasteiger partial charge on any atom is -0.350 e. The number of nitrogens with zero attached hydrogens (tertiary/aromatic N) is 2. The fraction of sp³-hybridized carbons (Fsp3) is 0.263. The fourth-order valence-electron chi connectivity index (χ4n) is 2.89. The molecule has 0 bridgehead atoms. The van der Waals surface area contributed by atoms with Crippen molar-refractivity contribution in [2.75, 3.05) is 12.3 Å². The van der Waals surface area contributed by atoms with Crippen molar-refractivity contribution < 1.29 is 13.2 Å². The molecule has 0 aliphatic heterocycles. The van der Waals surface area contributed by atoms with E-state index in [-0.39, 0.29) is 21.2 Å². The first kappa shape index (κ1) is 19.4. The molecule has 3 aromatic rings. The zero-order chi connectivity index (χ0) is 19.6. The van der Waals surface area contributed by atoms with Crippen molar-refractivity contribution in [2.45, 2.75) is 25.3 Å². The second-order valence-corrected chi connectivity index (χ2v) is 8.79. The lowest BCUT2D eigenvalue weighted by molar-refractivity contribution is 0.0952. The summed E-state index contributed by atoms with van der Waals surface area (Å²) in [6.07, 6.45) is 0. The van der Waals surface area contributed by atoms with Gasteiger partial charge < -0.3 is 9.88 Å². The van der Waals surface area contributed by atoms with Crippen molar-refractivity contribution in [2.24, 2.45) is 0 Å². The Morgan fingerprint density at radius 2 is 1.96 bits per heavy atom. The molecule has 0 spiro atoms. The van der Waals surface area contributed by atoms with Gasteiger partial charge in [0.25, 0.3) is 5.91 Å². The zero-order valence-electron chi connectivity index (χ0n) is 15.1. The third kappa shape index (κ3) is 3.99. The van der Waals surface area contributed by atoms with Crippen molar-refractivity contribution in [3.05, 3.63) is 58.9 Å². The molecule has 0 atom stereocenters. The number of fused-ring (bicyclic) bond motifs is 1. The Bertz CT molecular complexity index is 1110. The molecule has 1 aromatic heterocycles. The number of aromatic nitrogens is 2. The summed E-state index contributed by atoms with van der Waals surface area (Å²) in [7, 11) is -3.41. The second-order valence-electron chi connectivity index (χ2n) is 6.10. The maximum absolute atomic E-state index is 12.5. The number of carbonyl (C=O) groups is 1. The molecule has 0 aliphatic rings. The smallest absolute Gasteiger partial charge is 0.252 e. The van der Waals surface area contributed by atoms with Crippen molar-refractivity contribution >= 4 is 38.4 Å². The number of carbonyl (C=O) groups excluding carboxylic acids is 1. The Hall–Kier alpha value is -2.38. The summed E-state index contributed by atoms with van der Waals surface area (Å²) < 4.78 is 26.1. The molecule has 2 aromatic carbocycles. The first-order valence-corrected chi connectivity index (χ1v) is 10.6. The van der Waals surface area contributed by atoms with E-state index in [1.165, 1.54) is 18.2 Å². The Morgan fingerprint density at radius 1 is 1.22 bits per heavy atom. The molecule has 3 rings (SSSR count). The Labute approximate surface area is 163 Å². The number of para-hydroxylation sites is 2. The average molecular weight is 406 g/mol. The molecular formula is C19H20ClN3O3S. The number of sulfone groups is 1. The van der Waals surface area contributed by atoms with Gasteiger partial charge >= 0.3 is 0 Å². The molecule has 8 heteroatoms. The Kier molecular flexibility index (Phi) is 5.53. The van der Waals surface area contributed by atoms with Gasteiger partial charge in [0.2, 0.25) is 0 Å². The van der Waals surface area contributed by atoms with Gasteiger partial charge in [-0.2, -0.15) is 0 Å². The number of amides is 1. The zero-order valence-corrected chi connectivity index (χ0v) is 16.6. The summed E-state index contributed by atoms with van der Waals surface area (Å²) in [5.41, 5.74) is 2.05. The van der Waals surface area contributed by atoms with Gasteiger partial charge in [-0.25, -0.2) is 13.4 Å². The molecule has 1 N–H and O–H groups in total. The normalized spacial score (nSPS) is 11.7. The largest absolute Gasteiger partial charge is 0.350 e. The van der Waals surface area contributed by atoms with Crippen molar-refractivity contribution in [1.82, 2.24) is 14.9 Å². The summed E-state index contributed by atoms with van der Waals surface area (Å²) in [6.45, 7) is 4.38. The van der Waals surface area contributed by atoms with Gasteiger partial charge in [-0.1, -0.05) is 30.7 Å². The number of hydrogen-bond donors (Lipinski definition) is 1. The highest BCUT2D eigenvalue weighted by Crippen LogP contribution is 2.21. The molecule has 0 fully saturated rings. The third-order valence-electron chi connectivity index (χ3n) is 4.39. The molecule has 0 saturated carbocycles. The van der Waals surface area contributed by atoms with Gasteiger partial charge in [0.15, 0.2) is 9.84 Å². The average Bonchev–Trinajstić information content (AvgIpc) is 2.97. The lowest BCUT2D eigenvalue weighted by atomic mass is 10.2. The molecule has 1 heterocycles. The summed E-state index contributed by atoms with van der Waals surface area (Å²) in [6, 6.07) is 12.0. The Morgan fingerprint density at radius 3 is 2.70 bits per heavy atom. The molecule has 142 valence electrons. The quantitative estimate of drug-likeness (QED) is 0.682. The molecule has 6 nitrogen and oxygen atoms in total. The number of aryl methyl sites for hydroxylation is 1. The van der Waals surface area contributed by atoms with E-state index in [1.807, 2.05) is 35.8 Å². The van der Waals surface area contributed by atoms with E-state index in [0.29, 0.717) is 13.1 Å². The van der Waals surface area contributed by atoms with Crippen LogP contribution in [0.4, 0.5) is 0 Å².